The van der Waals surface area contributed by atoms with Gasteiger partial charge in [-0.15, -0.1) is 0 Å². The number of nitrogens with zero attached hydrogens (tertiary/aromatic N) is 2. The van der Waals surface area contributed by atoms with E-state index < -0.39 is 0 Å². The van der Waals surface area contributed by atoms with Gasteiger partial charge in [0.15, 0.2) is 0 Å². The monoisotopic (exact) mass is 308 g/mol. The quantitative estimate of drug-likeness (QED) is 0.764. The Morgan fingerprint density at radius 1 is 1.04 bits per heavy atom. The number of carbonyl (C=O) groups excluding carboxylic acids is 1. The maximum Gasteiger partial charge on any atom is 0.253 e. The number of hydrogen-bond acceptors (Lipinski definition) is 3. The van der Waals surface area contributed by atoms with Crippen molar-refractivity contribution >= 4 is 5.91 Å². The third kappa shape index (κ3) is 2.38. The predicted octanol–water partition coefficient (Wildman–Crippen LogP) is 2.56. The molecule has 3 aromatic rings. The summed E-state index contributed by atoms with van der Waals surface area (Å²) >= 11 is 0. The Bertz CT molecular complexity index is 903. The lowest BCUT2D eigenvalue weighted by Gasteiger charge is -2.10. The number of carbonyl (C=O) groups is 1. The van der Waals surface area contributed by atoms with E-state index in [9.17, 15) is 9.18 Å². The summed E-state index contributed by atoms with van der Waals surface area (Å²) in [5.74, 6) is -0.417. The smallest absolute Gasteiger partial charge is 0.253 e. The average Bonchev–Trinajstić information content (AvgIpc) is 3.01. The number of aromatic nitrogens is 3. The maximum absolute atomic E-state index is 13.9. The van der Waals surface area contributed by atoms with Crippen LogP contribution in [0.3, 0.4) is 0 Å². The zero-order chi connectivity index (χ0) is 15.8. The highest BCUT2D eigenvalue weighted by atomic mass is 19.1. The minimum Gasteiger partial charge on any atom is -0.356 e. The molecule has 3 heterocycles. The molecule has 1 aromatic carbocycles. The topological polar surface area (TPSA) is 70.7 Å². The number of amides is 1. The molecule has 2 aromatic heterocycles. The zero-order valence-electron chi connectivity index (χ0n) is 12.1. The fourth-order valence-electron chi connectivity index (χ4n) is 2.75. The molecule has 1 amide bonds. The van der Waals surface area contributed by atoms with Crippen LogP contribution < -0.4 is 5.32 Å². The van der Waals surface area contributed by atoms with E-state index in [0.717, 1.165) is 17.8 Å². The largest absolute Gasteiger partial charge is 0.356 e. The third-order valence-electron chi connectivity index (χ3n) is 3.90. The molecule has 0 spiro atoms. The van der Waals surface area contributed by atoms with Crippen molar-refractivity contribution in [3.63, 3.8) is 0 Å². The molecule has 4 rings (SSSR count). The highest BCUT2D eigenvalue weighted by Crippen LogP contribution is 2.26. The zero-order valence-corrected chi connectivity index (χ0v) is 12.1. The van der Waals surface area contributed by atoms with E-state index in [1.54, 1.807) is 30.3 Å². The lowest BCUT2D eigenvalue weighted by Crippen LogP contribution is -2.31. The molecule has 114 valence electrons. The number of aromatic amines is 1. The normalized spacial score (nSPS) is 13.5. The van der Waals surface area contributed by atoms with Crippen molar-refractivity contribution in [3.8, 4) is 22.6 Å². The second-order valence-electron chi connectivity index (χ2n) is 5.35. The Labute approximate surface area is 131 Å². The van der Waals surface area contributed by atoms with Crippen LogP contribution in [0.4, 0.5) is 4.39 Å². The first-order chi connectivity index (χ1) is 11.2. The van der Waals surface area contributed by atoms with Gasteiger partial charge < -0.3 is 10.3 Å². The summed E-state index contributed by atoms with van der Waals surface area (Å²) in [4.78, 5) is 23.5. The summed E-state index contributed by atoms with van der Waals surface area (Å²) in [6.45, 7) is 0.621. The Balaban J connectivity index is 1.78. The van der Waals surface area contributed by atoms with Crippen LogP contribution in [0.5, 0.6) is 0 Å². The highest BCUT2D eigenvalue weighted by Gasteiger charge is 2.20. The Morgan fingerprint density at radius 3 is 2.70 bits per heavy atom. The van der Waals surface area contributed by atoms with Crippen molar-refractivity contribution in [2.24, 2.45) is 0 Å². The van der Waals surface area contributed by atoms with Gasteiger partial charge in [-0.2, -0.15) is 0 Å². The molecule has 0 radical (unpaired) electrons. The van der Waals surface area contributed by atoms with E-state index in [-0.39, 0.29) is 11.7 Å². The Kier molecular flexibility index (Phi) is 3.15. The highest BCUT2D eigenvalue weighted by molar-refractivity contribution is 5.97. The van der Waals surface area contributed by atoms with Gasteiger partial charge in [-0.1, -0.05) is 12.1 Å². The minimum absolute atomic E-state index is 0.0860. The second-order valence-corrected chi connectivity index (χ2v) is 5.35. The van der Waals surface area contributed by atoms with Crippen LogP contribution >= 0.6 is 0 Å². The SMILES string of the molecule is O=C1NCCc2[nH]c(-c3cc(-c4ccccc4F)ncn3)cc21. The molecule has 0 unspecified atom stereocenters. The Morgan fingerprint density at radius 2 is 1.87 bits per heavy atom. The van der Waals surface area contributed by atoms with Crippen molar-refractivity contribution in [1.82, 2.24) is 20.3 Å². The van der Waals surface area contributed by atoms with E-state index in [1.165, 1.54) is 12.4 Å². The molecule has 2 N–H and O–H groups in total. The molecule has 5 nitrogen and oxygen atoms in total. The molecule has 0 fully saturated rings. The molecule has 0 saturated carbocycles. The van der Waals surface area contributed by atoms with Gasteiger partial charge in [-0.05, 0) is 24.3 Å². The van der Waals surface area contributed by atoms with E-state index in [1.807, 2.05) is 0 Å². The second kappa shape index (κ2) is 5.31. The summed E-state index contributed by atoms with van der Waals surface area (Å²) in [6.07, 6.45) is 2.16. The molecule has 23 heavy (non-hydrogen) atoms. The van der Waals surface area contributed by atoms with Gasteiger partial charge >= 0.3 is 0 Å². The van der Waals surface area contributed by atoms with Crippen molar-refractivity contribution < 1.29 is 9.18 Å². The number of halogens is 1. The number of nitrogens with one attached hydrogen (secondary N) is 2. The van der Waals surface area contributed by atoms with Gasteiger partial charge in [-0.3, -0.25) is 4.79 Å². The van der Waals surface area contributed by atoms with Gasteiger partial charge in [0.05, 0.1) is 22.6 Å². The van der Waals surface area contributed by atoms with E-state index in [2.05, 4.69) is 20.3 Å². The first kappa shape index (κ1) is 13.6. The van der Waals surface area contributed by atoms with Crippen molar-refractivity contribution in [2.45, 2.75) is 6.42 Å². The Hall–Kier alpha value is -3.02. The summed E-state index contributed by atoms with van der Waals surface area (Å²) in [5.41, 5.74) is 3.81. The molecule has 1 aliphatic heterocycles. The number of benzene rings is 1. The van der Waals surface area contributed by atoms with Crippen LogP contribution in [0.1, 0.15) is 16.1 Å². The van der Waals surface area contributed by atoms with Crippen LogP contribution in [0, 0.1) is 5.82 Å². The van der Waals surface area contributed by atoms with Crippen LogP contribution in [0.15, 0.2) is 42.7 Å². The molecule has 0 saturated heterocycles. The standard InChI is InChI=1S/C17H13FN4O/c18-12-4-2-1-3-10(12)14-8-15(21-9-20-14)16-7-11-13(22-16)5-6-19-17(11)23/h1-4,7-9,22H,5-6H2,(H,19,23). The van der Waals surface area contributed by atoms with Gasteiger partial charge in [0.25, 0.3) is 5.91 Å². The molecular weight excluding hydrogens is 295 g/mol. The number of fused-ring (bicyclic) bond motifs is 1. The summed E-state index contributed by atoms with van der Waals surface area (Å²) < 4.78 is 13.9. The molecular formula is C17H13FN4O. The molecule has 0 atom stereocenters. The van der Waals surface area contributed by atoms with Gasteiger partial charge in [0.1, 0.15) is 12.1 Å². The fraction of sp³-hybridized carbons (Fsp3) is 0.118. The van der Waals surface area contributed by atoms with Crippen molar-refractivity contribution in [2.75, 3.05) is 6.54 Å². The van der Waals surface area contributed by atoms with E-state index in [0.29, 0.717) is 29.1 Å². The van der Waals surface area contributed by atoms with Crippen LogP contribution in [-0.2, 0) is 6.42 Å². The number of rotatable bonds is 2. The van der Waals surface area contributed by atoms with Crippen LogP contribution in [-0.4, -0.2) is 27.4 Å². The van der Waals surface area contributed by atoms with Gasteiger partial charge in [-0.25, -0.2) is 14.4 Å². The maximum atomic E-state index is 13.9. The minimum atomic E-state index is -0.331. The predicted molar refractivity (Wildman–Crippen MR) is 83.2 cm³/mol. The lowest BCUT2D eigenvalue weighted by atomic mass is 10.1. The average molecular weight is 308 g/mol. The lowest BCUT2D eigenvalue weighted by molar-refractivity contribution is 0.0946. The first-order valence-electron chi connectivity index (χ1n) is 7.30. The molecule has 0 bridgehead atoms. The summed E-state index contributed by atoms with van der Waals surface area (Å²) in [5, 5.41) is 2.81. The molecule has 6 heteroatoms. The van der Waals surface area contributed by atoms with E-state index >= 15 is 0 Å². The molecule has 0 aliphatic carbocycles. The van der Waals surface area contributed by atoms with E-state index in [4.69, 9.17) is 0 Å². The van der Waals surface area contributed by atoms with Crippen molar-refractivity contribution in [3.05, 3.63) is 59.8 Å². The van der Waals surface area contributed by atoms with Gasteiger partial charge in [0, 0.05) is 24.2 Å². The molecule has 1 aliphatic rings. The third-order valence-corrected chi connectivity index (χ3v) is 3.90. The number of H-pyrrole nitrogens is 1. The van der Waals surface area contributed by atoms with Crippen LogP contribution in [0.2, 0.25) is 0 Å². The number of hydrogen-bond donors (Lipinski definition) is 2. The van der Waals surface area contributed by atoms with Crippen molar-refractivity contribution in [1.29, 1.82) is 0 Å². The summed E-state index contributed by atoms with van der Waals surface area (Å²) in [7, 11) is 0. The fourth-order valence-corrected chi connectivity index (χ4v) is 2.75. The summed E-state index contributed by atoms with van der Waals surface area (Å²) in [6, 6.07) is 9.96. The van der Waals surface area contributed by atoms with Crippen LogP contribution in [0.25, 0.3) is 22.6 Å². The van der Waals surface area contributed by atoms with Gasteiger partial charge in [0.2, 0.25) is 0 Å². The first-order valence-corrected chi connectivity index (χ1v) is 7.30.